The van der Waals surface area contributed by atoms with Gasteiger partial charge in [0, 0.05) is 51.4 Å². The van der Waals surface area contributed by atoms with Gasteiger partial charge in [-0.05, 0) is 12.1 Å². The van der Waals surface area contributed by atoms with E-state index in [2.05, 4.69) is 25.0 Å². The fraction of sp³-hybridized carbons (Fsp3) is 0.174. The molecule has 0 amide bonds. The first-order valence-corrected chi connectivity index (χ1v) is 12.6. The number of imidazole rings is 1. The second-order valence-corrected chi connectivity index (χ2v) is 10.5. The summed E-state index contributed by atoms with van der Waals surface area (Å²) in [5.41, 5.74) is 0.243. The maximum atomic E-state index is 15.0. The predicted molar refractivity (Wildman–Crippen MR) is 132 cm³/mol. The van der Waals surface area contributed by atoms with Crippen LogP contribution in [0.25, 0.3) is 22.4 Å². The lowest BCUT2D eigenvalue weighted by atomic mass is 10.2. The molecule has 11 nitrogen and oxygen atoms in total. The molecule has 0 aliphatic carbocycles. The number of pyridine rings is 1. The van der Waals surface area contributed by atoms with E-state index in [9.17, 15) is 17.2 Å². The molecule has 0 N–H and O–H groups in total. The van der Waals surface area contributed by atoms with Gasteiger partial charge in [0.1, 0.15) is 22.8 Å². The van der Waals surface area contributed by atoms with E-state index in [1.54, 1.807) is 24.1 Å². The molecular weight excluding hydrogens is 542 g/mol. The summed E-state index contributed by atoms with van der Waals surface area (Å²) in [6, 6.07) is 2.82. The standard InChI is InChI=1S/C23H19F4N9O2S/c1-33(2)39(37,38)36-7-6-28-19(36)12-35(22-20(26)14(24)8-15(25)21(22)27)18-5-4-16-23(32-18)31-17(10-29-16)13-9-30-34(3)11-13/h4-11H,12H2,1-3H3. The lowest BCUT2D eigenvalue weighted by molar-refractivity contribution is 0.453. The molecule has 4 heterocycles. The molecule has 1 aromatic carbocycles. The highest BCUT2D eigenvalue weighted by Crippen LogP contribution is 2.34. The number of anilines is 2. The molecule has 4 aromatic heterocycles. The monoisotopic (exact) mass is 561 g/mol. The maximum Gasteiger partial charge on any atom is 0.308 e. The molecule has 5 rings (SSSR count). The van der Waals surface area contributed by atoms with Crippen molar-refractivity contribution in [3.63, 3.8) is 0 Å². The third-order valence-electron chi connectivity index (χ3n) is 5.72. The van der Waals surface area contributed by atoms with Crippen LogP contribution in [0.2, 0.25) is 0 Å². The van der Waals surface area contributed by atoms with Crippen LogP contribution < -0.4 is 4.90 Å². The van der Waals surface area contributed by atoms with Crippen molar-refractivity contribution in [3.05, 3.63) is 78.3 Å². The summed E-state index contributed by atoms with van der Waals surface area (Å²) in [7, 11) is 0.170. The average Bonchev–Trinajstić information content (AvgIpc) is 3.55. The lowest BCUT2D eigenvalue weighted by Gasteiger charge is -2.25. The van der Waals surface area contributed by atoms with Crippen LogP contribution in [-0.4, -0.2) is 60.5 Å². The molecule has 0 saturated heterocycles. The highest BCUT2D eigenvalue weighted by molar-refractivity contribution is 7.87. The van der Waals surface area contributed by atoms with Gasteiger partial charge in [0.15, 0.2) is 28.9 Å². The van der Waals surface area contributed by atoms with E-state index in [1.807, 2.05) is 0 Å². The van der Waals surface area contributed by atoms with Crippen LogP contribution >= 0.6 is 0 Å². The fourth-order valence-electron chi connectivity index (χ4n) is 3.76. The highest BCUT2D eigenvalue weighted by Gasteiger charge is 2.29. The van der Waals surface area contributed by atoms with E-state index in [-0.39, 0.29) is 23.4 Å². The van der Waals surface area contributed by atoms with Gasteiger partial charge < -0.3 is 4.90 Å². The third kappa shape index (κ3) is 4.67. The van der Waals surface area contributed by atoms with Gasteiger partial charge in [-0.3, -0.25) is 9.67 Å². The molecule has 0 radical (unpaired) electrons. The van der Waals surface area contributed by atoms with E-state index in [4.69, 9.17) is 0 Å². The van der Waals surface area contributed by atoms with Gasteiger partial charge in [-0.1, -0.05) is 0 Å². The zero-order chi connectivity index (χ0) is 28.1. The Morgan fingerprint density at radius 1 is 0.974 bits per heavy atom. The van der Waals surface area contributed by atoms with Crippen molar-refractivity contribution in [1.29, 1.82) is 0 Å². The molecule has 202 valence electrons. The van der Waals surface area contributed by atoms with Crippen LogP contribution in [0.5, 0.6) is 0 Å². The Labute approximate surface area is 219 Å². The first-order chi connectivity index (χ1) is 18.5. The number of rotatable bonds is 7. The normalized spacial score (nSPS) is 12.0. The van der Waals surface area contributed by atoms with E-state index < -0.39 is 45.7 Å². The predicted octanol–water partition coefficient (Wildman–Crippen LogP) is 3.17. The number of nitrogens with zero attached hydrogens (tertiary/aromatic N) is 9. The quantitative estimate of drug-likeness (QED) is 0.220. The maximum absolute atomic E-state index is 15.0. The first kappa shape index (κ1) is 26.2. The number of hydrogen-bond donors (Lipinski definition) is 0. The Morgan fingerprint density at radius 2 is 1.69 bits per heavy atom. The molecule has 0 bridgehead atoms. The van der Waals surface area contributed by atoms with E-state index >= 15 is 8.78 Å². The topological polar surface area (TPSA) is 115 Å². The molecule has 16 heteroatoms. The summed E-state index contributed by atoms with van der Waals surface area (Å²) in [4.78, 5) is 17.9. The van der Waals surface area contributed by atoms with Crippen LogP contribution in [0.3, 0.4) is 0 Å². The number of benzene rings is 1. The molecule has 0 unspecified atom stereocenters. The number of hydrogen-bond acceptors (Lipinski definition) is 8. The Morgan fingerprint density at radius 3 is 2.33 bits per heavy atom. The Kier molecular flexibility index (Phi) is 6.51. The van der Waals surface area contributed by atoms with Crippen molar-refractivity contribution in [2.75, 3.05) is 19.0 Å². The molecule has 0 saturated carbocycles. The minimum Gasteiger partial charge on any atom is -0.313 e. The third-order valence-corrected chi connectivity index (χ3v) is 7.47. The van der Waals surface area contributed by atoms with Crippen LogP contribution in [0.4, 0.5) is 29.1 Å². The molecule has 5 aromatic rings. The molecule has 0 atom stereocenters. The Balaban J connectivity index is 1.70. The summed E-state index contributed by atoms with van der Waals surface area (Å²) in [6.07, 6.45) is 7.02. The van der Waals surface area contributed by atoms with Gasteiger partial charge in [-0.15, -0.1) is 0 Å². The van der Waals surface area contributed by atoms with Gasteiger partial charge >= 0.3 is 10.2 Å². The van der Waals surface area contributed by atoms with Crippen molar-refractivity contribution >= 4 is 32.9 Å². The number of halogens is 4. The summed E-state index contributed by atoms with van der Waals surface area (Å²) < 4.78 is 87.4. The molecule has 39 heavy (non-hydrogen) atoms. The minimum atomic E-state index is -4.11. The fourth-order valence-corrected chi connectivity index (χ4v) is 4.69. The number of fused-ring (bicyclic) bond motifs is 1. The molecule has 0 fully saturated rings. The average molecular weight is 562 g/mol. The van der Waals surface area contributed by atoms with Crippen LogP contribution in [-0.2, 0) is 23.8 Å². The number of aromatic nitrogens is 7. The first-order valence-electron chi connectivity index (χ1n) is 11.2. The van der Waals surface area contributed by atoms with Gasteiger partial charge in [0.25, 0.3) is 0 Å². The van der Waals surface area contributed by atoms with Crippen LogP contribution in [0, 0.1) is 23.3 Å². The second-order valence-electron chi connectivity index (χ2n) is 8.50. The summed E-state index contributed by atoms with van der Waals surface area (Å²) >= 11 is 0. The van der Waals surface area contributed by atoms with Gasteiger partial charge in [-0.25, -0.2) is 36.5 Å². The zero-order valence-electron chi connectivity index (χ0n) is 20.6. The molecular formula is C23H19F4N9O2S. The van der Waals surface area contributed by atoms with Gasteiger partial charge in [-0.2, -0.15) is 17.8 Å². The van der Waals surface area contributed by atoms with E-state index in [0.717, 1.165) is 25.6 Å². The van der Waals surface area contributed by atoms with Crippen molar-refractivity contribution in [1.82, 2.24) is 38.0 Å². The van der Waals surface area contributed by atoms with Crippen molar-refractivity contribution in [2.24, 2.45) is 7.05 Å². The lowest BCUT2D eigenvalue weighted by Crippen LogP contribution is -2.32. The Hall–Kier alpha value is -4.44. The van der Waals surface area contributed by atoms with Crippen molar-refractivity contribution in [3.8, 4) is 11.3 Å². The van der Waals surface area contributed by atoms with Crippen molar-refractivity contribution in [2.45, 2.75) is 6.54 Å². The zero-order valence-corrected chi connectivity index (χ0v) is 21.4. The van der Waals surface area contributed by atoms with Crippen LogP contribution in [0.15, 0.2) is 49.2 Å². The largest absolute Gasteiger partial charge is 0.313 e. The van der Waals surface area contributed by atoms with E-state index in [0.29, 0.717) is 16.8 Å². The Bertz CT molecular complexity index is 1800. The smallest absolute Gasteiger partial charge is 0.308 e. The molecule has 0 aliphatic heterocycles. The molecule has 0 aliphatic rings. The summed E-state index contributed by atoms with van der Waals surface area (Å²) in [6.45, 7) is -0.648. The van der Waals surface area contributed by atoms with Gasteiger partial charge in [0.05, 0.1) is 24.6 Å². The second kappa shape index (κ2) is 9.70. The van der Waals surface area contributed by atoms with Crippen LogP contribution in [0.1, 0.15) is 5.82 Å². The van der Waals surface area contributed by atoms with Gasteiger partial charge in [0.2, 0.25) is 0 Å². The molecule has 0 spiro atoms. The minimum absolute atomic E-state index is 0.0424. The van der Waals surface area contributed by atoms with E-state index in [1.165, 1.54) is 32.4 Å². The number of aryl methyl sites for hydroxylation is 1. The van der Waals surface area contributed by atoms with Crippen molar-refractivity contribution < 1.29 is 26.0 Å². The SMILES string of the molecule is CN(C)S(=O)(=O)n1ccnc1CN(c1ccc2ncc(-c3cnn(C)c3)nc2n1)c1c(F)c(F)cc(F)c1F. The summed E-state index contributed by atoms with van der Waals surface area (Å²) in [5, 5.41) is 4.08. The highest BCUT2D eigenvalue weighted by atomic mass is 32.2. The summed E-state index contributed by atoms with van der Waals surface area (Å²) in [5.74, 6) is -7.15.